The van der Waals surface area contributed by atoms with Gasteiger partial charge in [-0.05, 0) is 38.4 Å². The Morgan fingerprint density at radius 3 is 2.75 bits per heavy atom. The van der Waals surface area contributed by atoms with E-state index in [-0.39, 0.29) is 0 Å². The van der Waals surface area contributed by atoms with Gasteiger partial charge >= 0.3 is 0 Å². The number of nitrogens with two attached hydrogens (primary N) is 1. The number of halogens is 1. The van der Waals surface area contributed by atoms with Crippen LogP contribution in [0.15, 0.2) is 40.9 Å². The second-order valence-corrected chi connectivity index (χ2v) is 7.18. The summed E-state index contributed by atoms with van der Waals surface area (Å²) in [6.45, 7) is 0.880. The van der Waals surface area contributed by atoms with E-state index in [0.29, 0.717) is 10.6 Å². The smallest absolute Gasteiger partial charge is 0.166 e. The molecular formula is C17H18BrN5S. The van der Waals surface area contributed by atoms with Crippen LogP contribution in [0.4, 0.5) is 0 Å². The first-order chi connectivity index (χ1) is 11.5. The maximum atomic E-state index is 5.86. The van der Waals surface area contributed by atoms with E-state index in [2.05, 4.69) is 37.0 Å². The predicted molar refractivity (Wildman–Crippen MR) is 104 cm³/mol. The molecule has 0 unspecified atom stereocenters. The Morgan fingerprint density at radius 1 is 1.29 bits per heavy atom. The SMILES string of the molecule is CN(C)CCc1nc2c(C(N)=S)ccc(-c3cccc(Br)c3)n2n1. The van der Waals surface area contributed by atoms with Crippen molar-refractivity contribution in [1.29, 1.82) is 0 Å². The summed E-state index contributed by atoms with van der Waals surface area (Å²) in [6, 6.07) is 12.0. The van der Waals surface area contributed by atoms with Crippen LogP contribution in [0.5, 0.6) is 0 Å². The monoisotopic (exact) mass is 403 g/mol. The highest BCUT2D eigenvalue weighted by Gasteiger charge is 2.14. The molecule has 0 saturated heterocycles. The Labute approximate surface area is 154 Å². The Bertz CT molecular complexity index is 903. The first kappa shape index (κ1) is 17.0. The van der Waals surface area contributed by atoms with Crippen molar-refractivity contribution in [2.45, 2.75) is 6.42 Å². The largest absolute Gasteiger partial charge is 0.389 e. The number of hydrogen-bond acceptors (Lipinski definition) is 4. The number of hydrogen-bond donors (Lipinski definition) is 1. The van der Waals surface area contributed by atoms with Gasteiger partial charge in [-0.15, -0.1) is 0 Å². The fourth-order valence-corrected chi connectivity index (χ4v) is 3.05. The third-order valence-corrected chi connectivity index (χ3v) is 4.41. The first-order valence-corrected chi connectivity index (χ1v) is 8.75. The van der Waals surface area contributed by atoms with E-state index >= 15 is 0 Å². The number of likely N-dealkylation sites (N-methyl/N-ethyl adjacent to an activating group) is 1. The van der Waals surface area contributed by atoms with Gasteiger partial charge in [0.05, 0.1) is 11.3 Å². The summed E-state index contributed by atoms with van der Waals surface area (Å²) in [4.78, 5) is 7.09. The van der Waals surface area contributed by atoms with Crippen molar-refractivity contribution in [3.05, 3.63) is 52.3 Å². The van der Waals surface area contributed by atoms with E-state index in [1.54, 1.807) is 0 Å². The Kier molecular flexibility index (Phi) is 4.93. The number of nitrogens with zero attached hydrogens (tertiary/aromatic N) is 4. The van der Waals surface area contributed by atoms with Crippen molar-refractivity contribution in [1.82, 2.24) is 19.5 Å². The number of pyridine rings is 1. The van der Waals surface area contributed by atoms with E-state index in [1.165, 1.54) is 0 Å². The van der Waals surface area contributed by atoms with Gasteiger partial charge in [-0.1, -0.05) is 40.3 Å². The van der Waals surface area contributed by atoms with E-state index in [9.17, 15) is 0 Å². The van der Waals surface area contributed by atoms with Crippen molar-refractivity contribution < 1.29 is 0 Å². The minimum Gasteiger partial charge on any atom is -0.389 e. The Hall–Kier alpha value is -1.83. The third kappa shape index (κ3) is 3.48. The lowest BCUT2D eigenvalue weighted by atomic mass is 10.1. The van der Waals surface area contributed by atoms with Crippen molar-refractivity contribution in [3.63, 3.8) is 0 Å². The third-order valence-electron chi connectivity index (χ3n) is 3.70. The van der Waals surface area contributed by atoms with Crippen LogP contribution in [0.3, 0.4) is 0 Å². The minimum absolute atomic E-state index is 0.326. The fraction of sp³-hybridized carbons (Fsp3) is 0.235. The summed E-state index contributed by atoms with van der Waals surface area (Å²) in [5, 5.41) is 4.68. The Morgan fingerprint density at radius 2 is 2.08 bits per heavy atom. The molecule has 2 N–H and O–H groups in total. The van der Waals surface area contributed by atoms with Crippen molar-refractivity contribution >= 4 is 38.8 Å². The zero-order chi connectivity index (χ0) is 17.3. The summed E-state index contributed by atoms with van der Waals surface area (Å²) in [6.07, 6.45) is 0.767. The molecule has 0 spiro atoms. The van der Waals surface area contributed by atoms with Gasteiger partial charge in [0.1, 0.15) is 4.99 Å². The van der Waals surface area contributed by atoms with Gasteiger partial charge in [0.15, 0.2) is 11.5 Å². The molecular weight excluding hydrogens is 386 g/mol. The van der Waals surface area contributed by atoms with Gasteiger partial charge in [-0.2, -0.15) is 5.10 Å². The fourth-order valence-electron chi connectivity index (χ4n) is 2.49. The number of thiocarbonyl (C=S) groups is 1. The molecule has 0 aliphatic rings. The minimum atomic E-state index is 0.326. The summed E-state index contributed by atoms with van der Waals surface area (Å²) in [7, 11) is 4.06. The summed E-state index contributed by atoms with van der Waals surface area (Å²) < 4.78 is 2.85. The van der Waals surface area contributed by atoms with E-state index in [1.807, 2.05) is 48.9 Å². The van der Waals surface area contributed by atoms with Crippen LogP contribution in [0.25, 0.3) is 16.9 Å². The number of benzene rings is 1. The first-order valence-electron chi connectivity index (χ1n) is 7.55. The quantitative estimate of drug-likeness (QED) is 0.663. The zero-order valence-corrected chi connectivity index (χ0v) is 15.9. The van der Waals surface area contributed by atoms with Gasteiger partial charge in [0.25, 0.3) is 0 Å². The molecule has 3 rings (SSSR count). The summed E-state index contributed by atoms with van der Waals surface area (Å²) >= 11 is 8.68. The molecule has 2 aromatic heterocycles. The predicted octanol–water partition coefficient (Wildman–Crippen LogP) is 2.90. The normalized spacial score (nSPS) is 11.3. The molecule has 0 radical (unpaired) electrons. The maximum Gasteiger partial charge on any atom is 0.166 e. The molecule has 0 aliphatic carbocycles. The van der Waals surface area contributed by atoms with Crippen molar-refractivity contribution in [2.24, 2.45) is 5.73 Å². The number of fused-ring (bicyclic) bond motifs is 1. The van der Waals surface area contributed by atoms with Crippen LogP contribution in [-0.2, 0) is 6.42 Å². The molecule has 0 bridgehead atoms. The highest BCUT2D eigenvalue weighted by molar-refractivity contribution is 9.10. The summed E-state index contributed by atoms with van der Waals surface area (Å²) in [5.41, 5.74) is 9.31. The van der Waals surface area contributed by atoms with Gasteiger partial charge in [-0.25, -0.2) is 9.50 Å². The Balaban J connectivity index is 2.16. The second kappa shape index (κ2) is 6.96. The van der Waals surface area contributed by atoms with Crippen LogP contribution in [-0.4, -0.2) is 45.1 Å². The molecule has 5 nitrogen and oxygen atoms in total. The molecule has 7 heteroatoms. The zero-order valence-electron chi connectivity index (χ0n) is 13.5. The van der Waals surface area contributed by atoms with E-state index < -0.39 is 0 Å². The standard InChI is InChI=1S/C17H18BrN5S/c1-22(2)9-8-15-20-17-13(16(19)24)6-7-14(23(17)21-15)11-4-3-5-12(18)10-11/h3-7,10H,8-9H2,1-2H3,(H2,19,24). The van der Waals surface area contributed by atoms with Crippen LogP contribution >= 0.6 is 28.1 Å². The van der Waals surface area contributed by atoms with Gasteiger partial charge in [0, 0.05) is 23.0 Å². The average Bonchev–Trinajstić information content (AvgIpc) is 2.95. The maximum absolute atomic E-state index is 5.86. The van der Waals surface area contributed by atoms with Crippen LogP contribution in [0.1, 0.15) is 11.4 Å². The number of rotatable bonds is 5. The molecule has 0 atom stereocenters. The molecule has 0 aliphatic heterocycles. The van der Waals surface area contributed by atoms with Crippen molar-refractivity contribution in [2.75, 3.05) is 20.6 Å². The second-order valence-electron chi connectivity index (χ2n) is 5.82. The lowest BCUT2D eigenvalue weighted by molar-refractivity contribution is 0.409. The van der Waals surface area contributed by atoms with Crippen LogP contribution < -0.4 is 5.73 Å². The molecule has 0 amide bonds. The van der Waals surface area contributed by atoms with Gasteiger partial charge < -0.3 is 10.6 Å². The molecule has 0 fully saturated rings. The van der Waals surface area contributed by atoms with Gasteiger partial charge in [0.2, 0.25) is 0 Å². The van der Waals surface area contributed by atoms with E-state index in [0.717, 1.165) is 40.1 Å². The van der Waals surface area contributed by atoms with Crippen molar-refractivity contribution in [3.8, 4) is 11.3 Å². The highest BCUT2D eigenvalue weighted by atomic mass is 79.9. The molecule has 1 aromatic carbocycles. The molecule has 3 aromatic rings. The lowest BCUT2D eigenvalue weighted by Crippen LogP contribution is -2.15. The lowest BCUT2D eigenvalue weighted by Gasteiger charge is -2.08. The number of aromatic nitrogens is 3. The topological polar surface area (TPSA) is 59.5 Å². The molecule has 0 saturated carbocycles. The molecule has 24 heavy (non-hydrogen) atoms. The van der Waals surface area contributed by atoms with Crippen LogP contribution in [0.2, 0.25) is 0 Å². The van der Waals surface area contributed by atoms with Gasteiger partial charge in [-0.3, -0.25) is 0 Å². The van der Waals surface area contributed by atoms with Crippen LogP contribution in [0, 0.1) is 0 Å². The highest BCUT2D eigenvalue weighted by Crippen LogP contribution is 2.25. The summed E-state index contributed by atoms with van der Waals surface area (Å²) in [5.74, 6) is 0.781. The molecule has 2 heterocycles. The average molecular weight is 404 g/mol. The molecule has 124 valence electrons. The van der Waals surface area contributed by atoms with E-state index in [4.69, 9.17) is 18.0 Å².